The summed E-state index contributed by atoms with van der Waals surface area (Å²) in [6.45, 7) is 2.76. The van der Waals surface area contributed by atoms with Crippen LogP contribution in [0.5, 0.6) is 0 Å². The summed E-state index contributed by atoms with van der Waals surface area (Å²) in [4.78, 5) is 5.90. The predicted octanol–water partition coefficient (Wildman–Crippen LogP) is 2.40. The standard InChI is InChI=1S/C18H30F2N4O2.HI/c1-21-18(22-9-6-10-26-12-11-25-4)23-13-16(24(2)3)17-14(19)7-5-8-15(17)20;/h5,7-8,16H,6,9-13H2,1-4H3,(H2,21,22,23);1H. The number of likely N-dealkylation sites (N-methyl/N-ethyl adjacent to an activating group) is 1. The third-order valence-corrected chi connectivity index (χ3v) is 3.83. The monoisotopic (exact) mass is 500 g/mol. The molecule has 156 valence electrons. The number of nitrogens with zero attached hydrogens (tertiary/aromatic N) is 2. The minimum absolute atomic E-state index is 0. The smallest absolute Gasteiger partial charge is 0.191 e. The molecular weight excluding hydrogens is 469 g/mol. The molecule has 0 aliphatic rings. The number of rotatable bonds is 11. The summed E-state index contributed by atoms with van der Waals surface area (Å²) < 4.78 is 38.5. The first kappa shape index (κ1) is 26.0. The fourth-order valence-corrected chi connectivity index (χ4v) is 2.41. The summed E-state index contributed by atoms with van der Waals surface area (Å²) in [5, 5.41) is 6.27. The Morgan fingerprint density at radius 1 is 1.15 bits per heavy atom. The van der Waals surface area contributed by atoms with Gasteiger partial charge in [-0.3, -0.25) is 4.99 Å². The van der Waals surface area contributed by atoms with Gasteiger partial charge in [-0.05, 0) is 32.6 Å². The second-order valence-electron chi connectivity index (χ2n) is 5.95. The Bertz CT molecular complexity index is 542. The fourth-order valence-electron chi connectivity index (χ4n) is 2.41. The van der Waals surface area contributed by atoms with Crippen molar-refractivity contribution in [1.29, 1.82) is 0 Å². The van der Waals surface area contributed by atoms with E-state index in [4.69, 9.17) is 9.47 Å². The van der Waals surface area contributed by atoms with Gasteiger partial charge in [-0.25, -0.2) is 8.78 Å². The maximum atomic E-state index is 14.1. The first-order valence-electron chi connectivity index (χ1n) is 8.62. The molecule has 0 saturated carbocycles. The van der Waals surface area contributed by atoms with Crippen LogP contribution in [0.1, 0.15) is 18.0 Å². The van der Waals surface area contributed by atoms with E-state index in [-0.39, 0.29) is 29.5 Å². The highest BCUT2D eigenvalue weighted by Crippen LogP contribution is 2.23. The fraction of sp³-hybridized carbons (Fsp3) is 0.611. The number of halogens is 3. The molecule has 27 heavy (non-hydrogen) atoms. The van der Waals surface area contributed by atoms with E-state index in [0.717, 1.165) is 6.42 Å². The lowest BCUT2D eigenvalue weighted by atomic mass is 10.0. The van der Waals surface area contributed by atoms with Gasteiger partial charge in [-0.2, -0.15) is 0 Å². The summed E-state index contributed by atoms with van der Waals surface area (Å²) in [6, 6.07) is 3.44. The Morgan fingerprint density at radius 2 is 1.81 bits per heavy atom. The minimum atomic E-state index is -0.554. The van der Waals surface area contributed by atoms with E-state index in [1.54, 1.807) is 33.2 Å². The largest absolute Gasteiger partial charge is 0.382 e. The maximum absolute atomic E-state index is 14.1. The molecule has 0 bridgehead atoms. The first-order valence-corrected chi connectivity index (χ1v) is 8.62. The van der Waals surface area contributed by atoms with Crippen molar-refractivity contribution in [3.05, 3.63) is 35.4 Å². The molecule has 0 saturated heterocycles. The van der Waals surface area contributed by atoms with Crippen LogP contribution in [-0.4, -0.2) is 72.0 Å². The molecule has 0 aromatic heterocycles. The van der Waals surface area contributed by atoms with Crippen LogP contribution in [0.25, 0.3) is 0 Å². The summed E-state index contributed by atoms with van der Waals surface area (Å²) >= 11 is 0. The molecule has 0 heterocycles. The molecule has 0 fully saturated rings. The quantitative estimate of drug-likeness (QED) is 0.212. The predicted molar refractivity (Wildman–Crippen MR) is 115 cm³/mol. The molecule has 1 atom stereocenters. The van der Waals surface area contributed by atoms with Crippen LogP contribution in [0.4, 0.5) is 8.78 Å². The SMILES string of the molecule is CN=C(NCCCOCCOC)NCC(c1c(F)cccc1F)N(C)C.I. The van der Waals surface area contributed by atoms with Crippen molar-refractivity contribution >= 4 is 29.9 Å². The second kappa shape index (κ2) is 14.9. The van der Waals surface area contributed by atoms with Crippen LogP contribution < -0.4 is 10.6 Å². The van der Waals surface area contributed by atoms with Crippen LogP contribution in [0, 0.1) is 11.6 Å². The van der Waals surface area contributed by atoms with E-state index >= 15 is 0 Å². The van der Waals surface area contributed by atoms with Gasteiger partial charge in [0.05, 0.1) is 19.3 Å². The molecule has 9 heteroatoms. The molecule has 0 aliphatic carbocycles. The lowest BCUT2D eigenvalue weighted by Crippen LogP contribution is -2.42. The molecule has 1 aromatic carbocycles. The van der Waals surface area contributed by atoms with Crippen molar-refractivity contribution < 1.29 is 18.3 Å². The van der Waals surface area contributed by atoms with Crippen LogP contribution in [0.3, 0.4) is 0 Å². The lowest BCUT2D eigenvalue weighted by Gasteiger charge is -2.26. The van der Waals surface area contributed by atoms with Crippen LogP contribution in [-0.2, 0) is 9.47 Å². The van der Waals surface area contributed by atoms with Crippen molar-refractivity contribution in [2.24, 2.45) is 4.99 Å². The molecule has 0 amide bonds. The number of hydrogen-bond donors (Lipinski definition) is 2. The van der Waals surface area contributed by atoms with Gasteiger partial charge < -0.3 is 25.0 Å². The summed E-state index contributed by atoms with van der Waals surface area (Å²) in [7, 11) is 6.85. The zero-order chi connectivity index (χ0) is 19.4. The molecule has 1 aromatic rings. The normalized spacial score (nSPS) is 12.6. The van der Waals surface area contributed by atoms with Gasteiger partial charge in [0.2, 0.25) is 0 Å². The molecule has 2 N–H and O–H groups in total. The van der Waals surface area contributed by atoms with Crippen molar-refractivity contribution in [2.75, 3.05) is 61.2 Å². The Labute approximate surface area is 177 Å². The summed E-state index contributed by atoms with van der Waals surface area (Å²) in [5.41, 5.74) is 0.0481. The molecule has 0 spiro atoms. The number of nitrogens with one attached hydrogen (secondary N) is 2. The van der Waals surface area contributed by atoms with E-state index in [9.17, 15) is 8.78 Å². The van der Waals surface area contributed by atoms with Gasteiger partial charge >= 0.3 is 0 Å². The van der Waals surface area contributed by atoms with Gasteiger partial charge in [0.25, 0.3) is 0 Å². The zero-order valence-electron chi connectivity index (χ0n) is 16.4. The van der Waals surface area contributed by atoms with Crippen LogP contribution in [0.2, 0.25) is 0 Å². The molecule has 1 rings (SSSR count). The topological polar surface area (TPSA) is 58.1 Å². The van der Waals surface area contributed by atoms with E-state index in [1.165, 1.54) is 18.2 Å². The van der Waals surface area contributed by atoms with Crippen LogP contribution >= 0.6 is 24.0 Å². The molecule has 0 aliphatic heterocycles. The lowest BCUT2D eigenvalue weighted by molar-refractivity contribution is 0.0698. The maximum Gasteiger partial charge on any atom is 0.191 e. The van der Waals surface area contributed by atoms with Crippen molar-refractivity contribution in [2.45, 2.75) is 12.5 Å². The number of guanidine groups is 1. The van der Waals surface area contributed by atoms with E-state index < -0.39 is 17.7 Å². The van der Waals surface area contributed by atoms with Gasteiger partial charge in [-0.15, -0.1) is 24.0 Å². The van der Waals surface area contributed by atoms with Crippen molar-refractivity contribution in [3.63, 3.8) is 0 Å². The van der Waals surface area contributed by atoms with Gasteiger partial charge in [0, 0.05) is 39.4 Å². The van der Waals surface area contributed by atoms with Crippen molar-refractivity contribution in [1.82, 2.24) is 15.5 Å². The Balaban J connectivity index is 0.00000676. The summed E-state index contributed by atoms with van der Waals surface area (Å²) in [6.07, 6.45) is 0.809. The Kier molecular flexibility index (Phi) is 14.4. The van der Waals surface area contributed by atoms with Gasteiger partial charge in [0.15, 0.2) is 5.96 Å². The third kappa shape index (κ3) is 9.63. The second-order valence-corrected chi connectivity index (χ2v) is 5.95. The zero-order valence-corrected chi connectivity index (χ0v) is 18.8. The highest BCUT2D eigenvalue weighted by Gasteiger charge is 2.22. The highest BCUT2D eigenvalue weighted by molar-refractivity contribution is 14.0. The van der Waals surface area contributed by atoms with Crippen molar-refractivity contribution in [3.8, 4) is 0 Å². The number of hydrogen-bond acceptors (Lipinski definition) is 4. The molecular formula is C18H31F2IN4O2. The first-order chi connectivity index (χ1) is 12.5. The minimum Gasteiger partial charge on any atom is -0.382 e. The number of benzene rings is 1. The summed E-state index contributed by atoms with van der Waals surface area (Å²) in [5.74, 6) is -0.534. The Morgan fingerprint density at radius 3 is 2.37 bits per heavy atom. The highest BCUT2D eigenvalue weighted by atomic mass is 127. The number of aliphatic imine (C=N–C) groups is 1. The van der Waals surface area contributed by atoms with E-state index in [2.05, 4.69) is 15.6 Å². The Hall–Kier alpha value is -1.04. The number of ether oxygens (including phenoxy) is 2. The third-order valence-electron chi connectivity index (χ3n) is 3.83. The molecule has 0 radical (unpaired) electrons. The average molecular weight is 500 g/mol. The van der Waals surface area contributed by atoms with E-state index in [0.29, 0.717) is 38.9 Å². The average Bonchev–Trinajstić information content (AvgIpc) is 2.61. The molecule has 1 unspecified atom stereocenters. The molecule has 6 nitrogen and oxygen atoms in total. The van der Waals surface area contributed by atoms with E-state index in [1.807, 2.05) is 0 Å². The van der Waals surface area contributed by atoms with Crippen LogP contribution in [0.15, 0.2) is 23.2 Å². The number of methoxy groups -OCH3 is 1. The van der Waals surface area contributed by atoms with Gasteiger partial charge in [-0.1, -0.05) is 6.07 Å². The van der Waals surface area contributed by atoms with Gasteiger partial charge in [0.1, 0.15) is 11.6 Å².